The summed E-state index contributed by atoms with van der Waals surface area (Å²) >= 11 is 1.33. The number of nitrogens with one attached hydrogen (secondary N) is 1. The van der Waals surface area contributed by atoms with Crippen LogP contribution in [0.15, 0.2) is 36.4 Å². The van der Waals surface area contributed by atoms with Gasteiger partial charge < -0.3 is 24.4 Å². The molecule has 0 radical (unpaired) electrons. The van der Waals surface area contributed by atoms with Crippen molar-refractivity contribution in [3.8, 4) is 16.7 Å². The number of amides is 2. The van der Waals surface area contributed by atoms with E-state index in [4.69, 9.17) is 14.2 Å². The molecule has 1 saturated heterocycles. The molecule has 1 aliphatic heterocycles. The molecule has 2 heterocycles. The molecule has 7 nitrogen and oxygen atoms in total. The van der Waals surface area contributed by atoms with Gasteiger partial charge in [-0.15, -0.1) is 0 Å². The summed E-state index contributed by atoms with van der Waals surface area (Å²) in [5.41, 5.74) is 0.939. The molecule has 1 aliphatic rings. The van der Waals surface area contributed by atoms with E-state index in [9.17, 15) is 9.18 Å². The number of ether oxygens (including phenoxy) is 3. The number of halogens is 1. The van der Waals surface area contributed by atoms with Gasteiger partial charge in [-0.05, 0) is 12.1 Å². The second-order valence-electron chi connectivity index (χ2n) is 6.90. The fourth-order valence-electron chi connectivity index (χ4n) is 3.35. The second-order valence-corrected chi connectivity index (χ2v) is 7.90. The summed E-state index contributed by atoms with van der Waals surface area (Å²) in [5, 5.41) is 3.34. The molecule has 1 fully saturated rings. The summed E-state index contributed by atoms with van der Waals surface area (Å²) in [6.45, 7) is 1.10. The van der Waals surface area contributed by atoms with E-state index in [2.05, 4.69) is 10.3 Å². The van der Waals surface area contributed by atoms with Crippen molar-refractivity contribution < 1.29 is 23.4 Å². The predicted octanol–water partition coefficient (Wildman–Crippen LogP) is 4.53. The normalized spacial score (nSPS) is 14.6. The van der Waals surface area contributed by atoms with Gasteiger partial charge in [0.15, 0.2) is 0 Å². The lowest BCUT2D eigenvalue weighted by atomic mass is 10.1. The molecule has 1 N–H and O–H groups in total. The highest BCUT2D eigenvalue weighted by Crippen LogP contribution is 2.31. The van der Waals surface area contributed by atoms with Crippen LogP contribution in [-0.2, 0) is 0 Å². The fraction of sp³-hybridized carbons (Fsp3) is 0.333. The maximum absolute atomic E-state index is 13.8. The third kappa shape index (κ3) is 4.40. The van der Waals surface area contributed by atoms with Gasteiger partial charge in [0, 0.05) is 49.8 Å². The number of methoxy groups -OCH3 is 2. The average Bonchev–Trinajstić information content (AvgIpc) is 3.17. The van der Waals surface area contributed by atoms with E-state index < -0.39 is 0 Å². The van der Waals surface area contributed by atoms with Crippen molar-refractivity contribution in [2.45, 2.75) is 18.9 Å². The second kappa shape index (κ2) is 8.74. The van der Waals surface area contributed by atoms with Crippen LogP contribution in [0.2, 0.25) is 0 Å². The number of rotatable bonds is 5. The molecule has 4 rings (SSSR count). The van der Waals surface area contributed by atoms with Crippen molar-refractivity contribution >= 4 is 33.3 Å². The highest BCUT2D eigenvalue weighted by Gasteiger charge is 2.25. The summed E-state index contributed by atoms with van der Waals surface area (Å²) < 4.78 is 31.0. The first-order chi connectivity index (χ1) is 14.6. The Morgan fingerprint density at radius 3 is 2.50 bits per heavy atom. The number of likely N-dealkylation sites (tertiary alicyclic amines) is 1. The smallest absolute Gasteiger partial charge is 0.321 e. The third-order valence-electron chi connectivity index (χ3n) is 4.95. The number of fused-ring (bicyclic) bond motifs is 1. The highest BCUT2D eigenvalue weighted by molar-refractivity contribution is 7.20. The lowest BCUT2D eigenvalue weighted by Crippen LogP contribution is -2.43. The number of hydrogen-bond donors (Lipinski definition) is 1. The van der Waals surface area contributed by atoms with E-state index in [0.29, 0.717) is 53.8 Å². The molecule has 158 valence electrons. The van der Waals surface area contributed by atoms with Crippen molar-refractivity contribution in [3.05, 3.63) is 42.2 Å². The Kier molecular flexibility index (Phi) is 5.89. The Hall–Kier alpha value is -3.07. The van der Waals surface area contributed by atoms with Crippen LogP contribution in [0.1, 0.15) is 12.8 Å². The lowest BCUT2D eigenvalue weighted by Gasteiger charge is -2.31. The zero-order valence-corrected chi connectivity index (χ0v) is 17.5. The molecule has 0 saturated carbocycles. The maximum atomic E-state index is 13.8. The minimum atomic E-state index is -0.348. The Labute approximate surface area is 177 Å². The molecule has 3 aromatic rings. The topological polar surface area (TPSA) is 72.9 Å². The standard InChI is InChI=1S/C21H22FN3O4S/c1-27-15-10-13(11-16(12-15)28-2)23-20(26)25-8-6-14(7-9-25)29-21-24-19-17(22)4-3-5-18(19)30-21/h3-5,10-12,14H,6-9H2,1-2H3,(H,23,26). The van der Waals surface area contributed by atoms with Crippen LogP contribution >= 0.6 is 11.3 Å². The molecular formula is C21H22FN3O4S. The first kappa shape index (κ1) is 20.2. The van der Waals surface area contributed by atoms with Crippen molar-refractivity contribution in [2.24, 2.45) is 0 Å². The highest BCUT2D eigenvalue weighted by atomic mass is 32.1. The number of aromatic nitrogens is 1. The predicted molar refractivity (Wildman–Crippen MR) is 113 cm³/mol. The number of hydrogen-bond acceptors (Lipinski definition) is 6. The number of urea groups is 1. The Balaban J connectivity index is 1.33. The van der Waals surface area contributed by atoms with Crippen molar-refractivity contribution in [3.63, 3.8) is 0 Å². The SMILES string of the molecule is COc1cc(NC(=O)N2CCC(Oc3nc4c(F)cccc4s3)CC2)cc(OC)c1. The van der Waals surface area contributed by atoms with Crippen LogP contribution in [0.4, 0.5) is 14.9 Å². The zero-order chi connectivity index (χ0) is 21.1. The van der Waals surface area contributed by atoms with Gasteiger partial charge in [-0.25, -0.2) is 9.18 Å². The van der Waals surface area contributed by atoms with Gasteiger partial charge >= 0.3 is 6.03 Å². The molecule has 9 heteroatoms. The van der Waals surface area contributed by atoms with Crippen LogP contribution in [0.3, 0.4) is 0 Å². The summed E-state index contributed by atoms with van der Waals surface area (Å²) in [6, 6.07) is 9.90. The number of anilines is 1. The molecule has 0 bridgehead atoms. The molecule has 2 amide bonds. The van der Waals surface area contributed by atoms with Crippen LogP contribution in [0.5, 0.6) is 16.7 Å². The molecule has 30 heavy (non-hydrogen) atoms. The quantitative estimate of drug-likeness (QED) is 0.643. The van der Waals surface area contributed by atoms with Gasteiger partial charge in [-0.2, -0.15) is 4.98 Å². The van der Waals surface area contributed by atoms with E-state index in [0.717, 1.165) is 4.70 Å². The van der Waals surface area contributed by atoms with Crippen LogP contribution in [0.25, 0.3) is 10.2 Å². The van der Waals surface area contributed by atoms with Crippen LogP contribution in [0, 0.1) is 5.82 Å². The molecule has 2 aromatic carbocycles. The number of nitrogens with zero attached hydrogens (tertiary/aromatic N) is 2. The van der Waals surface area contributed by atoms with Crippen molar-refractivity contribution in [2.75, 3.05) is 32.6 Å². The van der Waals surface area contributed by atoms with E-state index in [1.807, 2.05) is 6.07 Å². The number of para-hydroxylation sites is 1. The number of carbonyl (C=O) groups is 1. The number of benzene rings is 2. The number of carbonyl (C=O) groups excluding carboxylic acids is 1. The van der Waals surface area contributed by atoms with Crippen LogP contribution in [-0.4, -0.2) is 49.3 Å². The minimum Gasteiger partial charge on any atom is -0.497 e. The molecule has 0 unspecified atom stereocenters. The Morgan fingerprint density at radius 2 is 1.87 bits per heavy atom. The van der Waals surface area contributed by atoms with Crippen LogP contribution < -0.4 is 19.5 Å². The van der Waals surface area contributed by atoms with Gasteiger partial charge in [0.25, 0.3) is 5.19 Å². The number of thiazole rings is 1. The minimum absolute atomic E-state index is 0.0606. The van der Waals surface area contributed by atoms with E-state index >= 15 is 0 Å². The summed E-state index contributed by atoms with van der Waals surface area (Å²) in [6.07, 6.45) is 1.29. The first-order valence-electron chi connectivity index (χ1n) is 9.56. The van der Waals surface area contributed by atoms with E-state index in [1.54, 1.807) is 43.4 Å². The maximum Gasteiger partial charge on any atom is 0.321 e. The summed E-state index contributed by atoms with van der Waals surface area (Å²) in [7, 11) is 3.12. The number of piperidine rings is 1. The lowest BCUT2D eigenvalue weighted by molar-refractivity contribution is 0.115. The monoisotopic (exact) mass is 431 g/mol. The molecule has 0 spiro atoms. The third-order valence-corrected chi connectivity index (χ3v) is 5.86. The van der Waals surface area contributed by atoms with E-state index in [1.165, 1.54) is 17.4 Å². The van der Waals surface area contributed by atoms with Gasteiger partial charge in [0.2, 0.25) is 0 Å². The van der Waals surface area contributed by atoms with Gasteiger partial charge in [0.1, 0.15) is 28.9 Å². The largest absolute Gasteiger partial charge is 0.497 e. The fourth-order valence-corrected chi connectivity index (χ4v) is 4.24. The first-order valence-corrected chi connectivity index (χ1v) is 10.4. The van der Waals surface area contributed by atoms with Gasteiger partial charge in [-0.3, -0.25) is 0 Å². The molecular weight excluding hydrogens is 409 g/mol. The molecule has 0 atom stereocenters. The van der Waals surface area contributed by atoms with Crippen molar-refractivity contribution in [1.82, 2.24) is 9.88 Å². The Bertz CT molecular complexity index is 1030. The molecule has 1 aromatic heterocycles. The van der Waals surface area contributed by atoms with Gasteiger partial charge in [0.05, 0.1) is 18.9 Å². The van der Waals surface area contributed by atoms with Crippen molar-refractivity contribution in [1.29, 1.82) is 0 Å². The van der Waals surface area contributed by atoms with Gasteiger partial charge in [-0.1, -0.05) is 17.4 Å². The van der Waals surface area contributed by atoms with E-state index in [-0.39, 0.29) is 18.0 Å². The summed E-state index contributed by atoms with van der Waals surface area (Å²) in [5.74, 6) is 0.854. The summed E-state index contributed by atoms with van der Waals surface area (Å²) in [4.78, 5) is 18.6. The zero-order valence-electron chi connectivity index (χ0n) is 16.7. The molecule has 0 aliphatic carbocycles. The Morgan fingerprint density at radius 1 is 1.17 bits per heavy atom. The average molecular weight is 431 g/mol.